The summed E-state index contributed by atoms with van der Waals surface area (Å²) in [5.41, 5.74) is 6.91. The lowest BCUT2D eigenvalue weighted by atomic mass is 10.1. The van der Waals surface area contributed by atoms with Gasteiger partial charge in [-0.3, -0.25) is 9.59 Å². The van der Waals surface area contributed by atoms with Crippen molar-refractivity contribution in [2.45, 2.75) is 4.90 Å². The number of para-hydroxylation sites is 1. The fourth-order valence-electron chi connectivity index (χ4n) is 1.66. The van der Waals surface area contributed by atoms with Gasteiger partial charge in [0, 0.05) is 20.6 Å². The molecule has 0 amide bonds. The highest BCUT2D eigenvalue weighted by Gasteiger charge is 2.11. The van der Waals surface area contributed by atoms with E-state index < -0.39 is 5.97 Å². The Hall–Kier alpha value is -1.79. The molecule has 0 heterocycles. The highest BCUT2D eigenvalue weighted by atomic mass is 79.9. The minimum Gasteiger partial charge on any atom is -0.457 e. The lowest BCUT2D eigenvalue weighted by molar-refractivity contribution is -0.139. The summed E-state index contributed by atoms with van der Waals surface area (Å²) in [4.78, 5) is 24.4. The van der Waals surface area contributed by atoms with Crippen LogP contribution in [0.5, 0.6) is 0 Å². The lowest BCUT2D eigenvalue weighted by Crippen LogP contribution is -2.15. The smallest absolute Gasteiger partial charge is 0.316 e. The molecule has 0 saturated heterocycles. The van der Waals surface area contributed by atoms with E-state index in [0.29, 0.717) is 11.3 Å². The number of thioether (sulfide) groups is 1. The average Bonchev–Trinajstić information content (AvgIpc) is 2.52. The van der Waals surface area contributed by atoms with Gasteiger partial charge in [-0.1, -0.05) is 40.2 Å². The summed E-state index contributed by atoms with van der Waals surface area (Å²) < 4.78 is 5.88. The van der Waals surface area contributed by atoms with Crippen molar-refractivity contribution in [2.24, 2.45) is 0 Å². The second-order valence-corrected chi connectivity index (χ2v) is 6.35. The van der Waals surface area contributed by atoms with Gasteiger partial charge in [0.1, 0.15) is 0 Å². The van der Waals surface area contributed by atoms with Crippen LogP contribution >= 0.6 is 27.7 Å². The largest absolute Gasteiger partial charge is 0.457 e. The molecule has 6 heteroatoms. The summed E-state index contributed by atoms with van der Waals surface area (Å²) in [6.45, 7) is -0.259. The Morgan fingerprint density at radius 1 is 1.09 bits per heavy atom. The third-order valence-corrected chi connectivity index (χ3v) is 4.39. The summed E-state index contributed by atoms with van der Waals surface area (Å²) in [7, 11) is 0. The molecule has 2 rings (SSSR count). The third-order valence-electron chi connectivity index (χ3n) is 2.79. The molecule has 4 nitrogen and oxygen atoms in total. The van der Waals surface area contributed by atoms with Gasteiger partial charge in [-0.2, -0.15) is 0 Å². The Morgan fingerprint density at radius 3 is 2.45 bits per heavy atom. The summed E-state index contributed by atoms with van der Waals surface area (Å²) in [6, 6.07) is 14.2. The predicted octanol–water partition coefficient (Wildman–Crippen LogP) is 3.55. The number of nitrogen functional groups attached to an aromatic ring is 1. The molecule has 114 valence electrons. The van der Waals surface area contributed by atoms with Gasteiger partial charge in [0.25, 0.3) is 0 Å². The summed E-state index contributed by atoms with van der Waals surface area (Å²) in [5.74, 6) is -0.564. The van der Waals surface area contributed by atoms with Gasteiger partial charge < -0.3 is 10.5 Å². The molecule has 0 aliphatic carbocycles. The van der Waals surface area contributed by atoms with Crippen molar-refractivity contribution in [3.8, 4) is 0 Å². The molecule has 0 saturated carbocycles. The molecular formula is C16H14BrNO3S. The molecule has 0 fully saturated rings. The molecular weight excluding hydrogens is 366 g/mol. The summed E-state index contributed by atoms with van der Waals surface area (Å²) in [6.07, 6.45) is 0. The monoisotopic (exact) mass is 379 g/mol. The maximum Gasteiger partial charge on any atom is 0.316 e. The SMILES string of the molecule is Nc1ccccc1SCC(=O)OCC(=O)c1ccc(Br)cc1. The van der Waals surface area contributed by atoms with Crippen LogP contribution in [0.4, 0.5) is 5.69 Å². The van der Waals surface area contributed by atoms with Crippen LogP contribution in [0.25, 0.3) is 0 Å². The second kappa shape index (κ2) is 8.00. The van der Waals surface area contributed by atoms with Gasteiger partial charge in [0.15, 0.2) is 12.4 Å². The first kappa shape index (κ1) is 16.6. The average molecular weight is 380 g/mol. The molecule has 0 unspecified atom stereocenters. The first-order chi connectivity index (χ1) is 10.6. The molecule has 0 atom stereocenters. The Balaban J connectivity index is 1.79. The van der Waals surface area contributed by atoms with E-state index in [2.05, 4.69) is 15.9 Å². The van der Waals surface area contributed by atoms with Gasteiger partial charge in [0.05, 0.1) is 5.75 Å². The standard InChI is InChI=1S/C16H14BrNO3S/c17-12-7-5-11(6-8-12)14(19)9-21-16(20)10-22-15-4-2-1-3-13(15)18/h1-8H,9-10,18H2. The number of benzene rings is 2. The van der Waals surface area contributed by atoms with E-state index in [0.717, 1.165) is 9.37 Å². The number of Topliss-reactive ketones (excluding diaryl/α,β-unsaturated/α-hetero) is 1. The van der Waals surface area contributed by atoms with Crippen LogP contribution in [0.3, 0.4) is 0 Å². The minimum absolute atomic E-state index is 0.113. The fourth-order valence-corrected chi connectivity index (χ4v) is 2.69. The predicted molar refractivity (Wildman–Crippen MR) is 91.0 cm³/mol. The number of carbonyl (C=O) groups excluding carboxylic acids is 2. The number of hydrogen-bond donors (Lipinski definition) is 1. The zero-order valence-corrected chi connectivity index (χ0v) is 14.0. The normalized spacial score (nSPS) is 10.2. The second-order valence-electron chi connectivity index (χ2n) is 4.42. The molecule has 0 bridgehead atoms. The molecule has 2 N–H and O–H groups in total. The van der Waals surface area contributed by atoms with Gasteiger partial charge >= 0.3 is 5.97 Å². The van der Waals surface area contributed by atoms with Gasteiger partial charge in [-0.25, -0.2) is 0 Å². The Bertz CT molecular complexity index is 673. The van der Waals surface area contributed by atoms with Gasteiger partial charge in [0.2, 0.25) is 0 Å². The van der Waals surface area contributed by atoms with Crippen molar-refractivity contribution >= 4 is 45.1 Å². The molecule has 0 spiro atoms. The summed E-state index contributed by atoms with van der Waals surface area (Å²) in [5, 5.41) is 0. The molecule has 0 aromatic heterocycles. The van der Waals surface area contributed by atoms with E-state index in [9.17, 15) is 9.59 Å². The van der Waals surface area contributed by atoms with Gasteiger partial charge in [-0.05, 0) is 24.3 Å². The van der Waals surface area contributed by atoms with Crippen molar-refractivity contribution < 1.29 is 14.3 Å². The molecule has 22 heavy (non-hydrogen) atoms. The number of esters is 1. The van der Waals surface area contributed by atoms with E-state index in [1.54, 1.807) is 30.3 Å². The molecule has 0 aliphatic rings. The number of halogens is 1. The van der Waals surface area contributed by atoms with Crippen LogP contribution < -0.4 is 5.73 Å². The van der Waals surface area contributed by atoms with Crippen molar-refractivity contribution in [1.82, 2.24) is 0 Å². The van der Waals surface area contributed by atoms with E-state index in [-0.39, 0.29) is 18.1 Å². The van der Waals surface area contributed by atoms with E-state index >= 15 is 0 Å². The highest BCUT2D eigenvalue weighted by molar-refractivity contribution is 9.10. The number of ketones is 1. The maximum atomic E-state index is 11.9. The van der Waals surface area contributed by atoms with E-state index in [1.165, 1.54) is 11.8 Å². The minimum atomic E-state index is -0.446. The number of ether oxygens (including phenoxy) is 1. The maximum absolute atomic E-state index is 11.9. The van der Waals surface area contributed by atoms with E-state index in [1.807, 2.05) is 18.2 Å². The molecule has 0 radical (unpaired) electrons. The van der Waals surface area contributed by atoms with Crippen molar-refractivity contribution in [3.05, 3.63) is 58.6 Å². The number of rotatable bonds is 6. The first-order valence-electron chi connectivity index (χ1n) is 6.48. The molecule has 2 aromatic rings. The first-order valence-corrected chi connectivity index (χ1v) is 8.26. The Kier molecular flexibility index (Phi) is 6.03. The van der Waals surface area contributed by atoms with Crippen LogP contribution in [0.15, 0.2) is 57.9 Å². The van der Waals surface area contributed by atoms with Crippen LogP contribution in [0, 0.1) is 0 Å². The number of anilines is 1. The van der Waals surface area contributed by atoms with Crippen LogP contribution in [0.2, 0.25) is 0 Å². The molecule has 2 aromatic carbocycles. The Morgan fingerprint density at radius 2 is 1.77 bits per heavy atom. The zero-order chi connectivity index (χ0) is 15.9. The van der Waals surface area contributed by atoms with Crippen LogP contribution in [-0.4, -0.2) is 24.1 Å². The van der Waals surface area contributed by atoms with Crippen molar-refractivity contribution in [2.75, 3.05) is 18.1 Å². The number of carbonyl (C=O) groups is 2. The third kappa shape index (κ3) is 4.89. The fraction of sp³-hybridized carbons (Fsp3) is 0.125. The van der Waals surface area contributed by atoms with Crippen molar-refractivity contribution in [3.63, 3.8) is 0 Å². The quantitative estimate of drug-likeness (QED) is 0.359. The van der Waals surface area contributed by atoms with Gasteiger partial charge in [-0.15, -0.1) is 11.8 Å². The van der Waals surface area contributed by atoms with E-state index in [4.69, 9.17) is 10.5 Å². The topological polar surface area (TPSA) is 69.4 Å². The zero-order valence-electron chi connectivity index (χ0n) is 11.6. The number of hydrogen-bond acceptors (Lipinski definition) is 5. The number of nitrogens with two attached hydrogens (primary N) is 1. The highest BCUT2D eigenvalue weighted by Crippen LogP contribution is 2.24. The molecule has 0 aliphatic heterocycles. The summed E-state index contributed by atoms with van der Waals surface area (Å²) >= 11 is 4.58. The van der Waals surface area contributed by atoms with Crippen LogP contribution in [0.1, 0.15) is 10.4 Å². The van der Waals surface area contributed by atoms with Crippen molar-refractivity contribution in [1.29, 1.82) is 0 Å². The lowest BCUT2D eigenvalue weighted by Gasteiger charge is -2.06. The Labute approximate surface area is 141 Å². The van der Waals surface area contributed by atoms with Crippen LogP contribution in [-0.2, 0) is 9.53 Å².